The molecule has 0 aliphatic carbocycles. The average Bonchev–Trinajstić information content (AvgIpc) is 2.89. The third kappa shape index (κ3) is 30.2. The number of hydrogen-bond donors (Lipinski definition) is 0. The van der Waals surface area contributed by atoms with Crippen molar-refractivity contribution in [3.05, 3.63) is 48.6 Å². The Hall–Kier alpha value is -1.90. The predicted octanol–water partition coefficient (Wildman–Crippen LogP) is 10.9. The van der Waals surface area contributed by atoms with E-state index in [2.05, 4.69) is 62.5 Å². The standard InChI is InChI=1S/C34H58O3/c1-3-5-7-9-11-13-15-17-18-20-22-24-26-28-30-32-34(36)37-33(35)31-29-27-25-23-21-19-16-14-12-10-8-6-4-2/h9-12,18,20-21,23H,3-8,13-17,19,22,24-32H2,1-2H3. The Morgan fingerprint density at radius 3 is 1.11 bits per heavy atom. The maximum Gasteiger partial charge on any atom is 0.313 e. The van der Waals surface area contributed by atoms with Gasteiger partial charge in [0.15, 0.2) is 0 Å². The van der Waals surface area contributed by atoms with E-state index in [1.54, 1.807) is 0 Å². The Labute approximate surface area is 229 Å². The van der Waals surface area contributed by atoms with Crippen molar-refractivity contribution < 1.29 is 14.3 Å². The van der Waals surface area contributed by atoms with Crippen molar-refractivity contribution in [1.29, 1.82) is 0 Å². The monoisotopic (exact) mass is 514 g/mol. The van der Waals surface area contributed by atoms with Gasteiger partial charge in [-0.25, -0.2) is 0 Å². The molecule has 3 nitrogen and oxygen atoms in total. The third-order valence-electron chi connectivity index (χ3n) is 6.33. The van der Waals surface area contributed by atoms with Gasteiger partial charge in [0.1, 0.15) is 0 Å². The van der Waals surface area contributed by atoms with Crippen molar-refractivity contribution >= 4 is 11.9 Å². The Morgan fingerprint density at radius 2 is 0.703 bits per heavy atom. The summed E-state index contributed by atoms with van der Waals surface area (Å²) in [5.74, 6) is -0.734. The first kappa shape index (κ1) is 35.1. The lowest BCUT2D eigenvalue weighted by Gasteiger charge is -2.03. The zero-order valence-corrected chi connectivity index (χ0v) is 24.4. The van der Waals surface area contributed by atoms with E-state index in [4.69, 9.17) is 4.74 Å². The van der Waals surface area contributed by atoms with Crippen molar-refractivity contribution in [2.24, 2.45) is 0 Å². The number of hydrogen-bond acceptors (Lipinski definition) is 3. The molecule has 212 valence electrons. The molecule has 0 spiro atoms. The van der Waals surface area contributed by atoms with E-state index in [1.165, 1.54) is 57.8 Å². The van der Waals surface area contributed by atoms with E-state index >= 15 is 0 Å². The molecule has 37 heavy (non-hydrogen) atoms. The second-order valence-corrected chi connectivity index (χ2v) is 10.1. The summed E-state index contributed by atoms with van der Waals surface area (Å²) in [5, 5.41) is 0. The van der Waals surface area contributed by atoms with Crippen molar-refractivity contribution in [2.45, 2.75) is 155 Å². The van der Waals surface area contributed by atoms with Crippen LogP contribution in [0.1, 0.15) is 155 Å². The summed E-state index contributed by atoms with van der Waals surface area (Å²) in [7, 11) is 0. The highest BCUT2D eigenvalue weighted by Crippen LogP contribution is 2.09. The van der Waals surface area contributed by atoms with Gasteiger partial charge in [-0.1, -0.05) is 101 Å². The second kappa shape index (κ2) is 30.3. The molecule has 0 rings (SSSR count). The van der Waals surface area contributed by atoms with E-state index in [0.29, 0.717) is 12.8 Å². The number of carbonyl (C=O) groups excluding carboxylic acids is 2. The molecule has 0 atom stereocenters. The minimum atomic E-state index is -0.370. The highest BCUT2D eigenvalue weighted by atomic mass is 16.6. The highest BCUT2D eigenvalue weighted by molar-refractivity contribution is 5.85. The first-order valence-corrected chi connectivity index (χ1v) is 15.5. The number of carbonyl (C=O) groups is 2. The van der Waals surface area contributed by atoms with Gasteiger partial charge in [0.05, 0.1) is 0 Å². The van der Waals surface area contributed by atoms with Gasteiger partial charge in [-0.05, 0) is 89.9 Å². The van der Waals surface area contributed by atoms with Gasteiger partial charge >= 0.3 is 11.9 Å². The van der Waals surface area contributed by atoms with Crippen LogP contribution in [0.4, 0.5) is 0 Å². The SMILES string of the molecule is CCCCC=CCCCC=CCCCCCCC(=O)OC(=O)CCCCC=CCCCC=CCCCC. The summed E-state index contributed by atoms with van der Waals surface area (Å²) >= 11 is 0. The van der Waals surface area contributed by atoms with Crippen LogP contribution in [-0.4, -0.2) is 11.9 Å². The van der Waals surface area contributed by atoms with Gasteiger partial charge in [-0.2, -0.15) is 0 Å². The third-order valence-corrected chi connectivity index (χ3v) is 6.33. The maximum absolute atomic E-state index is 11.8. The molecule has 0 saturated carbocycles. The lowest BCUT2D eigenvalue weighted by molar-refractivity contribution is -0.159. The fourth-order valence-electron chi connectivity index (χ4n) is 3.94. The van der Waals surface area contributed by atoms with Crippen LogP contribution in [0.15, 0.2) is 48.6 Å². The predicted molar refractivity (Wildman–Crippen MR) is 161 cm³/mol. The lowest BCUT2D eigenvalue weighted by atomic mass is 10.1. The first-order valence-electron chi connectivity index (χ1n) is 15.5. The summed E-state index contributed by atoms with van der Waals surface area (Å²) < 4.78 is 4.96. The molecule has 3 heteroatoms. The lowest BCUT2D eigenvalue weighted by Crippen LogP contribution is -2.11. The van der Waals surface area contributed by atoms with Crippen LogP contribution in [-0.2, 0) is 14.3 Å². The van der Waals surface area contributed by atoms with Crippen molar-refractivity contribution in [3.63, 3.8) is 0 Å². The van der Waals surface area contributed by atoms with Crippen molar-refractivity contribution in [3.8, 4) is 0 Å². The topological polar surface area (TPSA) is 43.4 Å². The van der Waals surface area contributed by atoms with E-state index in [-0.39, 0.29) is 11.9 Å². The summed E-state index contributed by atoms with van der Waals surface area (Å²) in [6, 6.07) is 0. The molecule has 0 aromatic rings. The molecule has 0 N–H and O–H groups in total. The first-order chi connectivity index (χ1) is 18.2. The molecule has 0 saturated heterocycles. The van der Waals surface area contributed by atoms with E-state index in [0.717, 1.165) is 70.6 Å². The summed E-state index contributed by atoms with van der Waals surface area (Å²) in [6.07, 6.45) is 41.5. The summed E-state index contributed by atoms with van der Waals surface area (Å²) in [5.41, 5.74) is 0. The molecule has 0 amide bonds. The van der Waals surface area contributed by atoms with Crippen LogP contribution in [0.5, 0.6) is 0 Å². The fraction of sp³-hybridized carbons (Fsp3) is 0.706. The van der Waals surface area contributed by atoms with Gasteiger partial charge in [0.25, 0.3) is 0 Å². The molecular weight excluding hydrogens is 456 g/mol. The molecule has 0 aromatic carbocycles. The van der Waals surface area contributed by atoms with Crippen molar-refractivity contribution in [1.82, 2.24) is 0 Å². The van der Waals surface area contributed by atoms with Gasteiger partial charge in [-0.15, -0.1) is 0 Å². The van der Waals surface area contributed by atoms with Gasteiger partial charge < -0.3 is 4.74 Å². The van der Waals surface area contributed by atoms with Crippen LogP contribution in [0, 0.1) is 0 Å². The van der Waals surface area contributed by atoms with Gasteiger partial charge in [-0.3, -0.25) is 9.59 Å². The number of ether oxygens (including phenoxy) is 1. The Balaban J connectivity index is 3.46. The zero-order chi connectivity index (χ0) is 27.1. The number of allylic oxidation sites excluding steroid dienone is 8. The number of rotatable bonds is 26. The van der Waals surface area contributed by atoms with Crippen LogP contribution in [0.2, 0.25) is 0 Å². The molecule has 0 aromatic heterocycles. The van der Waals surface area contributed by atoms with Crippen LogP contribution >= 0.6 is 0 Å². The smallest absolute Gasteiger partial charge is 0.313 e. The summed E-state index contributed by atoms with van der Waals surface area (Å²) in [4.78, 5) is 23.7. The number of unbranched alkanes of at least 4 members (excludes halogenated alkanes) is 14. The maximum atomic E-state index is 11.8. The Kier molecular flexibility index (Phi) is 28.8. The van der Waals surface area contributed by atoms with Gasteiger partial charge in [0, 0.05) is 12.8 Å². The zero-order valence-electron chi connectivity index (χ0n) is 24.4. The second-order valence-electron chi connectivity index (χ2n) is 10.1. The Morgan fingerprint density at radius 1 is 0.405 bits per heavy atom. The molecule has 0 aliphatic heterocycles. The highest BCUT2D eigenvalue weighted by Gasteiger charge is 2.09. The van der Waals surface area contributed by atoms with Crippen LogP contribution in [0.3, 0.4) is 0 Å². The normalized spacial score (nSPS) is 12.1. The quantitative estimate of drug-likeness (QED) is 0.0499. The molecule has 0 unspecified atom stereocenters. The molecular formula is C34H58O3. The number of esters is 2. The molecule has 0 bridgehead atoms. The molecule has 0 aliphatic rings. The van der Waals surface area contributed by atoms with Crippen molar-refractivity contribution in [2.75, 3.05) is 0 Å². The van der Waals surface area contributed by atoms with E-state index < -0.39 is 0 Å². The fourth-order valence-corrected chi connectivity index (χ4v) is 3.94. The molecule has 0 heterocycles. The van der Waals surface area contributed by atoms with E-state index in [9.17, 15) is 9.59 Å². The average molecular weight is 515 g/mol. The largest absolute Gasteiger partial charge is 0.393 e. The summed E-state index contributed by atoms with van der Waals surface area (Å²) in [6.45, 7) is 4.45. The van der Waals surface area contributed by atoms with Gasteiger partial charge in [0.2, 0.25) is 0 Å². The van der Waals surface area contributed by atoms with E-state index in [1.807, 2.05) is 0 Å². The van der Waals surface area contributed by atoms with Crippen LogP contribution < -0.4 is 0 Å². The minimum absolute atomic E-state index is 0.337. The Bertz CT molecular complexity index is 627. The molecule has 0 radical (unpaired) electrons. The molecule has 0 fully saturated rings. The van der Waals surface area contributed by atoms with Crippen LogP contribution in [0.25, 0.3) is 0 Å². The minimum Gasteiger partial charge on any atom is -0.393 e.